The van der Waals surface area contributed by atoms with Crippen LogP contribution in [0.4, 0.5) is 0 Å². The van der Waals surface area contributed by atoms with Crippen molar-refractivity contribution in [1.29, 1.82) is 0 Å². The normalized spacial score (nSPS) is 18.0. The first kappa shape index (κ1) is 58.0. The van der Waals surface area contributed by atoms with E-state index in [2.05, 4.69) is 41.2 Å². The van der Waals surface area contributed by atoms with Crippen molar-refractivity contribution < 1.29 is 69.2 Å². The number of aliphatic hydroxyl groups is 3. The summed E-state index contributed by atoms with van der Waals surface area (Å²) in [6.45, 7) is 1.35. The summed E-state index contributed by atoms with van der Waals surface area (Å²) < 4.78 is 201. The van der Waals surface area contributed by atoms with Gasteiger partial charge in [0.25, 0.3) is 0 Å². The molecule has 6 unspecified atom stereocenters. The summed E-state index contributed by atoms with van der Waals surface area (Å²) in [5.41, 5.74) is 13.7. The van der Waals surface area contributed by atoms with Crippen LogP contribution in [-0.4, -0.2) is 106 Å². The standard InChI is InChI=1S/C25H27N3O2.3C24H25N3O2/c1-16(2)29-21-10-6-19(7-11-21)23-15-25-24(14-18(23)5)26-27-28(25)20-8-12-22(13-9-20)30-17(3)4;3*1-16(2)29-21-12-10-20(11-13-21)27-23-15-18(7-14-22(23)25-26-27)17-5-8-19(9-6-17)24(3,4)28/h6-17H,1-5H3;3*5-16,28H,1-4H3/i1D3,3D3,16D,17D;1D3,3D3,16D;1D3,16D;3D3. The van der Waals surface area contributed by atoms with Gasteiger partial charge in [-0.2, -0.15) is 0 Å². The van der Waals surface area contributed by atoms with Gasteiger partial charge in [-0.1, -0.05) is 124 Å². The average Bonchev–Trinajstić information content (AvgIpc) is 1.53. The fraction of sp³-hybridized carbons (Fsp3) is 0.258. The molecule has 6 atom stereocenters. The quantitative estimate of drug-likeness (QED) is 0.0607. The molecule has 3 N–H and O–H groups in total. The topological polar surface area (TPSA) is 230 Å². The molecule has 0 aliphatic carbocycles. The fourth-order valence-electron chi connectivity index (χ4n) is 12.8. The highest BCUT2D eigenvalue weighted by molar-refractivity contribution is 5.87. The van der Waals surface area contributed by atoms with E-state index in [1.807, 2.05) is 148 Å². The molecule has 20 nitrogen and oxygen atoms in total. The average molecular weight is 1590 g/mol. The van der Waals surface area contributed by atoms with E-state index in [9.17, 15) is 15.3 Å². The van der Waals surface area contributed by atoms with Crippen molar-refractivity contribution >= 4 is 44.1 Å². The number of aryl methyl sites for hydroxylation is 1. The lowest BCUT2D eigenvalue weighted by molar-refractivity contribution is 0.0780. The van der Waals surface area contributed by atoms with Crippen molar-refractivity contribution in [3.63, 3.8) is 0 Å². The van der Waals surface area contributed by atoms with Crippen LogP contribution in [0.3, 0.4) is 0 Å². The Balaban J connectivity index is 0.000000157. The van der Waals surface area contributed by atoms with Gasteiger partial charge in [-0.05, 0) is 342 Å². The highest BCUT2D eigenvalue weighted by atomic mass is 16.5. The van der Waals surface area contributed by atoms with Gasteiger partial charge in [-0.3, -0.25) is 0 Å². The zero-order valence-electron chi connectivity index (χ0n) is 88.2. The molecule has 16 aromatic rings. The van der Waals surface area contributed by atoms with Crippen LogP contribution < -0.4 is 23.7 Å². The number of hydrogen-bond donors (Lipinski definition) is 3. The number of benzene rings is 12. The monoisotopic (exact) mass is 1580 g/mol. The van der Waals surface area contributed by atoms with Crippen LogP contribution >= 0.6 is 0 Å². The fourth-order valence-corrected chi connectivity index (χ4v) is 12.8. The molecule has 0 spiro atoms. The molecule has 0 aliphatic heterocycles. The maximum Gasteiger partial charge on any atom is 0.119 e. The molecule has 4 heterocycles. The molecule has 117 heavy (non-hydrogen) atoms. The smallest absolute Gasteiger partial charge is 0.119 e. The minimum absolute atomic E-state index is 0.102. The number of ether oxygens (including phenoxy) is 5. The van der Waals surface area contributed by atoms with Gasteiger partial charge >= 0.3 is 0 Å². The SMILES string of the molecule is [2H]C([2H])([2H])C(C)(O)c1ccc(-c2ccc3nnn(-c4ccc(OC(C)C)cc4)c3c2)cc1.[2H]C([2H])([2H])C([2H])(C)Oc1ccc(-c2cc3c(cc2C)nnn3-c2ccc(OC([2H])(C)C([2H])([2H])[2H])cc2)cc1.[2H]C([2H])([2H])C([2H])(C)Oc1ccc(-n2nnc3ccc(-c4ccc(C(C)(C)O)cc4)cc32)cc1.[2H]C([2H])([2H])C([2H])(C)Oc1ccc(-n2nnc3ccc(-c4ccc(C(C)(O)C([2H])([2H])[2H])cc4)cc32)cc1. The predicted octanol–water partition coefficient (Wildman–Crippen LogP) is 21.3. The van der Waals surface area contributed by atoms with E-state index in [0.717, 1.165) is 100 Å². The molecule has 0 bridgehead atoms. The molecule has 0 radical (unpaired) electrons. The van der Waals surface area contributed by atoms with Crippen LogP contribution in [-0.2, 0) is 16.8 Å². The van der Waals surface area contributed by atoms with E-state index in [4.69, 9.17) is 53.8 Å². The number of rotatable bonds is 21. The summed E-state index contributed by atoms with van der Waals surface area (Å²) in [5, 5.41) is 65.1. The molecule has 0 aliphatic rings. The molecule has 0 saturated heterocycles. The number of aromatic nitrogens is 12. The Labute approximate surface area is 714 Å². The predicted molar refractivity (Wildman–Crippen MR) is 466 cm³/mol. The second-order valence-electron chi connectivity index (χ2n) is 29.0. The maximum absolute atomic E-state index is 10.5. The third kappa shape index (κ3) is 20.3. The zero-order valence-corrected chi connectivity index (χ0v) is 66.2. The van der Waals surface area contributed by atoms with Crippen LogP contribution in [0.1, 0.15) is 163 Å². The number of hydrogen-bond acceptors (Lipinski definition) is 16. The van der Waals surface area contributed by atoms with Gasteiger partial charge in [-0.15, -0.1) is 20.4 Å². The van der Waals surface area contributed by atoms with Crippen LogP contribution in [0.2, 0.25) is 0 Å². The molecular weight excluding hydrogens is 1460 g/mol. The summed E-state index contributed by atoms with van der Waals surface area (Å²) in [4.78, 5) is 0. The molecule has 0 saturated carbocycles. The maximum atomic E-state index is 10.5. The first-order valence-electron chi connectivity index (χ1n) is 48.4. The minimum atomic E-state index is -2.61. The Bertz CT molecular complexity index is 6990. The molecule has 0 fully saturated rings. The second-order valence-corrected chi connectivity index (χ2v) is 29.0. The third-order valence-electron chi connectivity index (χ3n) is 18.6. The van der Waals surface area contributed by atoms with Gasteiger partial charge < -0.3 is 39.0 Å². The van der Waals surface area contributed by atoms with Gasteiger partial charge in [0.15, 0.2) is 0 Å². The van der Waals surface area contributed by atoms with Gasteiger partial charge in [-0.25, -0.2) is 18.7 Å². The van der Waals surface area contributed by atoms with Crippen molar-refractivity contribution in [2.24, 2.45) is 0 Å². The number of nitrogens with zero attached hydrogens (tertiary/aromatic N) is 12. The Morgan fingerprint density at radius 3 is 0.838 bits per heavy atom. The van der Waals surface area contributed by atoms with E-state index in [-0.39, 0.29) is 29.1 Å². The largest absolute Gasteiger partial charge is 0.491 e. The lowest BCUT2D eigenvalue weighted by Gasteiger charge is -2.18. The first-order chi connectivity index (χ1) is 64.5. The van der Waals surface area contributed by atoms with Crippen LogP contribution in [0.15, 0.2) is 261 Å². The molecule has 12 aromatic carbocycles. The van der Waals surface area contributed by atoms with Gasteiger partial charge in [0, 0.05) is 24.7 Å². The van der Waals surface area contributed by atoms with E-state index in [0.29, 0.717) is 39.1 Å². The second kappa shape index (κ2) is 35.1. The van der Waals surface area contributed by atoms with Crippen molar-refractivity contribution in [2.45, 2.75) is 164 Å². The van der Waals surface area contributed by atoms with Crippen LogP contribution in [0.5, 0.6) is 28.7 Å². The molecule has 20 heteroatoms. The highest BCUT2D eigenvalue weighted by Gasteiger charge is 2.21. The lowest BCUT2D eigenvalue weighted by Crippen LogP contribution is -2.14. The zero-order chi connectivity index (χ0) is 102. The Morgan fingerprint density at radius 1 is 0.299 bits per heavy atom. The van der Waals surface area contributed by atoms with E-state index >= 15 is 0 Å². The summed E-state index contributed by atoms with van der Waals surface area (Å²) in [5.74, 6) is 1.84. The van der Waals surface area contributed by atoms with Gasteiger partial charge in [0.05, 0.1) is 97.5 Å². The molecule has 598 valence electrons. The van der Waals surface area contributed by atoms with Gasteiger partial charge in [0.2, 0.25) is 0 Å². The summed E-state index contributed by atoms with van der Waals surface area (Å²) >= 11 is 0. The van der Waals surface area contributed by atoms with E-state index in [1.54, 1.807) is 166 Å². The van der Waals surface area contributed by atoms with E-state index in [1.165, 1.54) is 41.5 Å². The highest BCUT2D eigenvalue weighted by Crippen LogP contribution is 2.35. The first-order valence-corrected chi connectivity index (χ1v) is 37.4. The summed E-state index contributed by atoms with van der Waals surface area (Å²) in [6, 6.07) is 76.8. The minimum Gasteiger partial charge on any atom is -0.491 e. The van der Waals surface area contributed by atoms with E-state index < -0.39 is 82.2 Å². The van der Waals surface area contributed by atoms with Crippen molar-refractivity contribution in [3.05, 3.63) is 283 Å². The molecule has 0 amide bonds. The lowest BCUT2D eigenvalue weighted by atomic mass is 9.95. The van der Waals surface area contributed by atoms with Crippen molar-refractivity contribution in [1.82, 2.24) is 60.0 Å². The van der Waals surface area contributed by atoms with Crippen LogP contribution in [0, 0.1) is 6.92 Å². The molecule has 4 aromatic heterocycles. The Kier molecular flexibility index (Phi) is 17.4. The number of fused-ring (bicyclic) bond motifs is 4. The Hall–Kier alpha value is -12.9. The van der Waals surface area contributed by atoms with Gasteiger partial charge in [0.1, 0.15) is 50.8 Å². The molecular formula is C97H102N12O8. The Morgan fingerprint density at radius 2 is 0.556 bits per heavy atom. The summed E-state index contributed by atoms with van der Waals surface area (Å²) in [7, 11) is 0. The van der Waals surface area contributed by atoms with Crippen LogP contribution in [0.25, 0.3) is 111 Å². The third-order valence-corrected chi connectivity index (χ3v) is 18.6. The molecule has 16 rings (SSSR count). The van der Waals surface area contributed by atoms with Crippen molar-refractivity contribution in [2.75, 3.05) is 0 Å². The van der Waals surface area contributed by atoms with Crippen molar-refractivity contribution in [3.8, 4) is 96.0 Å². The summed E-state index contributed by atoms with van der Waals surface area (Å²) in [6.07, 6.45) is -8.20.